The molecular weight excluding hydrogens is 443 g/mol. The number of hydrogen-bond acceptors (Lipinski definition) is 6. The van der Waals surface area contributed by atoms with Crippen molar-refractivity contribution in [3.05, 3.63) is 48.3 Å². The molecular formula is C21H26F3N5O4. The van der Waals surface area contributed by atoms with Crippen LogP contribution in [0.4, 0.5) is 13.2 Å². The quantitative estimate of drug-likeness (QED) is 0.705. The molecule has 2 N–H and O–H groups in total. The van der Waals surface area contributed by atoms with Crippen molar-refractivity contribution in [1.29, 1.82) is 0 Å². The van der Waals surface area contributed by atoms with E-state index in [9.17, 15) is 18.0 Å². The van der Waals surface area contributed by atoms with Gasteiger partial charge in [-0.05, 0) is 31.4 Å². The van der Waals surface area contributed by atoms with Gasteiger partial charge in [-0.15, -0.1) is 0 Å². The van der Waals surface area contributed by atoms with Gasteiger partial charge in [0, 0.05) is 38.7 Å². The predicted molar refractivity (Wildman–Crippen MR) is 110 cm³/mol. The van der Waals surface area contributed by atoms with E-state index in [0.29, 0.717) is 12.3 Å². The summed E-state index contributed by atoms with van der Waals surface area (Å²) in [6, 6.07) is 5.43. The smallest absolute Gasteiger partial charge is 0.475 e. The minimum Gasteiger partial charge on any atom is -0.475 e. The van der Waals surface area contributed by atoms with Gasteiger partial charge in [0.2, 0.25) is 0 Å². The molecule has 2 aromatic heterocycles. The number of hydrogen-bond donors (Lipinski definition) is 2. The Morgan fingerprint density at radius 2 is 1.94 bits per heavy atom. The minimum absolute atomic E-state index is 0.0607. The third kappa shape index (κ3) is 6.75. The van der Waals surface area contributed by atoms with Crippen LogP contribution in [0.1, 0.15) is 35.6 Å². The van der Waals surface area contributed by atoms with E-state index in [-0.39, 0.29) is 17.6 Å². The third-order valence-corrected chi connectivity index (χ3v) is 5.74. The van der Waals surface area contributed by atoms with Crippen LogP contribution in [0.2, 0.25) is 0 Å². The second-order valence-electron chi connectivity index (χ2n) is 8.12. The number of piperidine rings is 1. The molecule has 1 unspecified atom stereocenters. The number of ether oxygens (including phenoxy) is 1. The van der Waals surface area contributed by atoms with Crippen molar-refractivity contribution in [1.82, 2.24) is 24.8 Å². The van der Waals surface area contributed by atoms with Crippen LogP contribution in [0.5, 0.6) is 0 Å². The molecule has 0 saturated carbocycles. The van der Waals surface area contributed by atoms with E-state index in [4.69, 9.17) is 14.6 Å². The predicted octanol–water partition coefficient (Wildman–Crippen LogP) is 2.00. The van der Waals surface area contributed by atoms with Crippen LogP contribution < -0.4 is 5.32 Å². The van der Waals surface area contributed by atoms with Crippen molar-refractivity contribution in [3.63, 3.8) is 0 Å². The highest BCUT2D eigenvalue weighted by atomic mass is 19.4. The molecule has 12 heteroatoms. The lowest BCUT2D eigenvalue weighted by molar-refractivity contribution is -0.192. The second-order valence-corrected chi connectivity index (χ2v) is 8.12. The summed E-state index contributed by atoms with van der Waals surface area (Å²) >= 11 is 0. The van der Waals surface area contributed by atoms with Gasteiger partial charge in [-0.25, -0.2) is 9.78 Å². The average Bonchev–Trinajstić information content (AvgIpc) is 3.36. The van der Waals surface area contributed by atoms with Crippen LogP contribution in [0, 0.1) is 0 Å². The number of likely N-dealkylation sites (tertiary alicyclic amines) is 1. The lowest BCUT2D eigenvalue weighted by atomic mass is 9.87. The van der Waals surface area contributed by atoms with Crippen LogP contribution in [0.3, 0.4) is 0 Å². The lowest BCUT2D eigenvalue weighted by Crippen LogP contribution is -2.45. The maximum absolute atomic E-state index is 12.3. The molecule has 2 fully saturated rings. The van der Waals surface area contributed by atoms with Crippen molar-refractivity contribution in [2.45, 2.75) is 43.6 Å². The van der Waals surface area contributed by atoms with Crippen molar-refractivity contribution in [2.24, 2.45) is 7.05 Å². The summed E-state index contributed by atoms with van der Waals surface area (Å²) in [5.74, 6) is -1.79. The van der Waals surface area contributed by atoms with Crippen molar-refractivity contribution < 1.29 is 32.6 Å². The first-order valence-corrected chi connectivity index (χ1v) is 10.4. The Kier molecular flexibility index (Phi) is 7.69. The number of aliphatic carboxylic acids is 1. The highest BCUT2D eigenvalue weighted by molar-refractivity contribution is 5.92. The van der Waals surface area contributed by atoms with Gasteiger partial charge >= 0.3 is 12.1 Å². The number of aryl methyl sites for hydroxylation is 1. The number of amides is 1. The van der Waals surface area contributed by atoms with Gasteiger partial charge in [-0.3, -0.25) is 14.7 Å². The van der Waals surface area contributed by atoms with E-state index in [1.54, 1.807) is 12.3 Å². The number of imidazole rings is 1. The molecule has 2 aromatic rings. The molecule has 1 amide bonds. The Hall–Kier alpha value is -2.99. The van der Waals surface area contributed by atoms with Crippen LogP contribution in [0.25, 0.3) is 0 Å². The van der Waals surface area contributed by atoms with Gasteiger partial charge in [0.25, 0.3) is 5.91 Å². The standard InChI is InChI=1S/C19H25N5O2.C2HF3O2/c1-23-11-8-21-17(23)13-24-9-5-19(6-10-24)12-15(14-26-19)22-18(25)16-4-2-3-7-20-16;3-2(4,5)1(6)7/h2-4,7-8,11,15H,5-6,9-10,12-14H2,1H3,(H,22,25);(H,6,7). The molecule has 33 heavy (non-hydrogen) atoms. The zero-order valence-corrected chi connectivity index (χ0v) is 18.1. The Labute approximate surface area is 188 Å². The summed E-state index contributed by atoms with van der Waals surface area (Å²) in [6.07, 6.45) is 3.24. The highest BCUT2D eigenvalue weighted by Gasteiger charge is 2.43. The van der Waals surface area contributed by atoms with Gasteiger partial charge in [-0.1, -0.05) is 6.07 Å². The van der Waals surface area contributed by atoms with Gasteiger partial charge < -0.3 is 19.7 Å². The monoisotopic (exact) mass is 469 g/mol. The number of nitrogens with zero attached hydrogens (tertiary/aromatic N) is 4. The maximum atomic E-state index is 12.3. The van der Waals surface area contributed by atoms with E-state index in [2.05, 4.69) is 24.8 Å². The highest BCUT2D eigenvalue weighted by Crippen LogP contribution is 2.36. The number of carboxylic acids is 1. The molecule has 0 radical (unpaired) electrons. The van der Waals surface area contributed by atoms with E-state index in [1.807, 2.05) is 31.6 Å². The van der Waals surface area contributed by atoms with Crippen molar-refractivity contribution in [2.75, 3.05) is 19.7 Å². The first kappa shape index (κ1) is 24.6. The Morgan fingerprint density at radius 1 is 1.24 bits per heavy atom. The molecule has 9 nitrogen and oxygen atoms in total. The zero-order valence-electron chi connectivity index (χ0n) is 18.1. The third-order valence-electron chi connectivity index (χ3n) is 5.74. The minimum atomic E-state index is -5.08. The first-order valence-electron chi connectivity index (χ1n) is 10.4. The van der Waals surface area contributed by atoms with Gasteiger partial charge in [0.1, 0.15) is 11.5 Å². The molecule has 0 aromatic carbocycles. The molecule has 4 heterocycles. The molecule has 1 atom stereocenters. The normalized spacial score (nSPS) is 20.2. The largest absolute Gasteiger partial charge is 0.490 e. The van der Waals surface area contributed by atoms with E-state index in [1.165, 1.54) is 0 Å². The second kappa shape index (κ2) is 10.3. The number of rotatable bonds is 4. The van der Waals surface area contributed by atoms with Crippen LogP contribution in [0.15, 0.2) is 36.8 Å². The first-order chi connectivity index (χ1) is 15.6. The van der Waals surface area contributed by atoms with Gasteiger partial charge in [-0.2, -0.15) is 13.2 Å². The number of carbonyl (C=O) groups is 2. The van der Waals surface area contributed by atoms with E-state index in [0.717, 1.165) is 44.7 Å². The summed E-state index contributed by atoms with van der Waals surface area (Å²) in [5, 5.41) is 10.2. The SMILES string of the molecule is Cn1ccnc1CN1CCC2(CC1)CC(NC(=O)c1ccccn1)CO2.O=C(O)C(F)(F)F. The average molecular weight is 469 g/mol. The number of nitrogens with one attached hydrogen (secondary N) is 1. The molecule has 2 aliphatic rings. The lowest BCUT2D eigenvalue weighted by Gasteiger charge is -2.38. The molecule has 2 aliphatic heterocycles. The molecule has 2 saturated heterocycles. The summed E-state index contributed by atoms with van der Waals surface area (Å²) in [4.78, 5) is 32.1. The van der Waals surface area contributed by atoms with Gasteiger partial charge in [0.05, 0.1) is 24.8 Å². The Morgan fingerprint density at radius 3 is 2.48 bits per heavy atom. The van der Waals surface area contributed by atoms with Crippen LogP contribution in [-0.4, -0.2) is 73.9 Å². The molecule has 0 bridgehead atoms. The van der Waals surface area contributed by atoms with E-state index < -0.39 is 12.1 Å². The number of halogens is 3. The number of aromatic nitrogens is 3. The number of carbonyl (C=O) groups excluding carboxylic acids is 1. The number of carboxylic acid groups (broad SMARTS) is 1. The van der Waals surface area contributed by atoms with Crippen LogP contribution in [-0.2, 0) is 23.1 Å². The van der Waals surface area contributed by atoms with Crippen LogP contribution >= 0.6 is 0 Å². The van der Waals surface area contributed by atoms with Gasteiger partial charge in [0.15, 0.2) is 0 Å². The Bertz CT molecular complexity index is 943. The molecule has 4 rings (SSSR count). The fourth-order valence-corrected chi connectivity index (χ4v) is 3.91. The summed E-state index contributed by atoms with van der Waals surface area (Å²) < 4.78 is 40.0. The maximum Gasteiger partial charge on any atom is 0.490 e. The Balaban J connectivity index is 0.000000383. The summed E-state index contributed by atoms with van der Waals surface area (Å²) in [7, 11) is 2.03. The molecule has 1 spiro atoms. The summed E-state index contributed by atoms with van der Waals surface area (Å²) in [6.45, 7) is 3.44. The van der Waals surface area contributed by atoms with E-state index >= 15 is 0 Å². The molecule has 0 aliphatic carbocycles. The summed E-state index contributed by atoms with van der Waals surface area (Å²) in [5.41, 5.74) is 0.360. The fraction of sp³-hybridized carbons (Fsp3) is 0.524. The number of alkyl halides is 3. The number of pyridine rings is 1. The van der Waals surface area contributed by atoms with Crippen molar-refractivity contribution >= 4 is 11.9 Å². The topological polar surface area (TPSA) is 110 Å². The fourth-order valence-electron chi connectivity index (χ4n) is 3.91. The molecule has 180 valence electrons. The van der Waals surface area contributed by atoms with Crippen molar-refractivity contribution in [3.8, 4) is 0 Å². The zero-order chi connectivity index (χ0) is 24.1.